The molecule has 2 aliphatic rings. The van der Waals surface area contributed by atoms with Gasteiger partial charge in [-0.3, -0.25) is 14.6 Å². The van der Waals surface area contributed by atoms with Crippen LogP contribution >= 0.6 is 0 Å². The van der Waals surface area contributed by atoms with Crippen LogP contribution in [0.4, 0.5) is 0 Å². The lowest BCUT2D eigenvalue weighted by Gasteiger charge is -2.37. The Morgan fingerprint density at radius 3 is 2.22 bits per heavy atom. The van der Waals surface area contributed by atoms with Gasteiger partial charge in [0.1, 0.15) is 0 Å². The van der Waals surface area contributed by atoms with Crippen molar-refractivity contribution < 1.29 is 4.79 Å². The molecule has 0 bridgehead atoms. The molecule has 0 aromatic heterocycles. The molecule has 0 unspecified atom stereocenters. The summed E-state index contributed by atoms with van der Waals surface area (Å²) in [5, 5.41) is 0. The zero-order valence-electron chi connectivity index (χ0n) is 15.5. The molecule has 0 radical (unpaired) electrons. The highest BCUT2D eigenvalue weighted by Crippen LogP contribution is 2.09. The second-order valence-electron chi connectivity index (χ2n) is 7.34. The van der Waals surface area contributed by atoms with E-state index in [1.165, 1.54) is 32.4 Å². The summed E-state index contributed by atoms with van der Waals surface area (Å²) in [6, 6.07) is 0.590. The van der Waals surface area contributed by atoms with E-state index in [0.717, 1.165) is 45.8 Å². The zero-order valence-corrected chi connectivity index (χ0v) is 15.5. The van der Waals surface area contributed by atoms with Crippen LogP contribution in [0.15, 0.2) is 0 Å². The van der Waals surface area contributed by atoms with Gasteiger partial charge in [0, 0.05) is 45.3 Å². The van der Waals surface area contributed by atoms with Crippen molar-refractivity contribution in [1.29, 1.82) is 0 Å². The topological polar surface area (TPSA) is 30.0 Å². The zero-order chi connectivity index (χ0) is 16.7. The highest BCUT2D eigenvalue weighted by atomic mass is 16.2. The summed E-state index contributed by atoms with van der Waals surface area (Å²) in [7, 11) is 0. The van der Waals surface area contributed by atoms with E-state index in [4.69, 9.17) is 0 Å². The number of nitrogens with zero attached hydrogens (tertiary/aromatic N) is 4. The van der Waals surface area contributed by atoms with Crippen molar-refractivity contribution in [1.82, 2.24) is 19.6 Å². The Bertz CT molecular complexity index is 353. The van der Waals surface area contributed by atoms with Crippen LogP contribution in [0.5, 0.6) is 0 Å². The molecule has 5 heteroatoms. The van der Waals surface area contributed by atoms with Gasteiger partial charge in [-0.05, 0) is 46.3 Å². The van der Waals surface area contributed by atoms with Crippen LogP contribution in [0.3, 0.4) is 0 Å². The minimum Gasteiger partial charge on any atom is -0.339 e. The maximum atomic E-state index is 12.6. The highest BCUT2D eigenvalue weighted by molar-refractivity contribution is 5.78. The van der Waals surface area contributed by atoms with Crippen molar-refractivity contribution >= 4 is 5.91 Å². The molecule has 0 aromatic rings. The van der Waals surface area contributed by atoms with Gasteiger partial charge in [-0.15, -0.1) is 0 Å². The Hall–Kier alpha value is -0.650. The summed E-state index contributed by atoms with van der Waals surface area (Å²) in [6.07, 6.45) is 3.75. The van der Waals surface area contributed by atoms with Crippen molar-refractivity contribution in [2.24, 2.45) is 0 Å². The predicted molar refractivity (Wildman–Crippen MR) is 95.7 cm³/mol. The Morgan fingerprint density at radius 2 is 1.57 bits per heavy atom. The third-order valence-electron chi connectivity index (χ3n) is 5.27. The summed E-state index contributed by atoms with van der Waals surface area (Å²) >= 11 is 0. The van der Waals surface area contributed by atoms with E-state index < -0.39 is 0 Å². The molecular weight excluding hydrogens is 288 g/mol. The molecule has 23 heavy (non-hydrogen) atoms. The maximum absolute atomic E-state index is 12.6. The Balaban J connectivity index is 1.71. The van der Waals surface area contributed by atoms with E-state index >= 15 is 0 Å². The lowest BCUT2D eigenvalue weighted by atomic mass is 10.2. The van der Waals surface area contributed by atoms with Crippen LogP contribution in [-0.2, 0) is 4.79 Å². The molecule has 0 atom stereocenters. The molecule has 0 spiro atoms. The van der Waals surface area contributed by atoms with E-state index in [1.54, 1.807) is 0 Å². The number of carbonyl (C=O) groups is 1. The van der Waals surface area contributed by atoms with Crippen molar-refractivity contribution in [2.45, 2.75) is 46.1 Å². The standard InChI is InChI=1S/C18H36N4O/c1-4-5-7-19-8-6-9-20(11-10-19)16-18(23)22-14-12-21(13-15-22)17(2)3/h17H,4-16H2,1-3H3. The maximum Gasteiger partial charge on any atom is 0.236 e. The first-order chi connectivity index (χ1) is 11.1. The molecule has 2 rings (SSSR count). The second kappa shape index (κ2) is 9.60. The SMILES string of the molecule is CCCCN1CCCN(CC(=O)N2CCN(C(C)C)CC2)CC1. The molecular formula is C18H36N4O. The molecule has 2 saturated heterocycles. The van der Waals surface area contributed by atoms with E-state index in [1.807, 2.05) is 0 Å². The van der Waals surface area contributed by atoms with E-state index in [2.05, 4.69) is 40.4 Å². The number of carbonyl (C=O) groups excluding carboxylic acids is 1. The Kier molecular flexibility index (Phi) is 7.80. The number of piperazine rings is 1. The molecule has 0 N–H and O–H groups in total. The van der Waals surface area contributed by atoms with Gasteiger partial charge in [0.15, 0.2) is 0 Å². The fourth-order valence-electron chi connectivity index (χ4n) is 3.57. The van der Waals surface area contributed by atoms with Crippen LogP contribution in [-0.4, -0.2) is 97.0 Å². The van der Waals surface area contributed by atoms with Gasteiger partial charge in [-0.25, -0.2) is 0 Å². The molecule has 2 fully saturated rings. The summed E-state index contributed by atoms with van der Waals surface area (Å²) in [5.74, 6) is 0.329. The van der Waals surface area contributed by atoms with Gasteiger partial charge < -0.3 is 9.80 Å². The smallest absolute Gasteiger partial charge is 0.236 e. The molecule has 0 aromatic carbocycles. The molecule has 0 saturated carbocycles. The monoisotopic (exact) mass is 324 g/mol. The first-order valence-electron chi connectivity index (χ1n) is 9.56. The van der Waals surface area contributed by atoms with Gasteiger partial charge in [-0.1, -0.05) is 13.3 Å². The van der Waals surface area contributed by atoms with Crippen LogP contribution in [0, 0.1) is 0 Å². The van der Waals surface area contributed by atoms with Crippen LogP contribution in [0.25, 0.3) is 0 Å². The molecule has 0 aliphatic carbocycles. The van der Waals surface area contributed by atoms with E-state index in [-0.39, 0.29) is 0 Å². The third kappa shape index (κ3) is 6.05. The number of hydrogen-bond donors (Lipinski definition) is 0. The molecule has 2 aliphatic heterocycles. The molecule has 2 heterocycles. The fraction of sp³-hybridized carbons (Fsp3) is 0.944. The van der Waals surface area contributed by atoms with Gasteiger partial charge in [-0.2, -0.15) is 0 Å². The largest absolute Gasteiger partial charge is 0.339 e. The van der Waals surface area contributed by atoms with Crippen molar-refractivity contribution in [2.75, 3.05) is 65.4 Å². The predicted octanol–water partition coefficient (Wildman–Crippen LogP) is 1.35. The number of amides is 1. The minimum atomic E-state index is 0.329. The third-order valence-corrected chi connectivity index (χ3v) is 5.27. The van der Waals surface area contributed by atoms with Crippen LogP contribution < -0.4 is 0 Å². The summed E-state index contributed by atoms with van der Waals surface area (Å²) in [6.45, 7) is 16.8. The number of unbranched alkanes of at least 4 members (excludes halogenated alkanes) is 1. The van der Waals surface area contributed by atoms with Gasteiger partial charge in [0.25, 0.3) is 0 Å². The van der Waals surface area contributed by atoms with Gasteiger partial charge in [0.2, 0.25) is 5.91 Å². The molecule has 5 nitrogen and oxygen atoms in total. The van der Waals surface area contributed by atoms with E-state index in [0.29, 0.717) is 18.5 Å². The highest BCUT2D eigenvalue weighted by Gasteiger charge is 2.24. The normalized spacial score (nSPS) is 22.5. The van der Waals surface area contributed by atoms with Gasteiger partial charge >= 0.3 is 0 Å². The average molecular weight is 325 g/mol. The van der Waals surface area contributed by atoms with Crippen LogP contribution in [0.2, 0.25) is 0 Å². The first kappa shape index (κ1) is 18.7. The van der Waals surface area contributed by atoms with Crippen molar-refractivity contribution in [3.8, 4) is 0 Å². The lowest BCUT2D eigenvalue weighted by molar-refractivity contribution is -0.134. The van der Waals surface area contributed by atoms with Crippen molar-refractivity contribution in [3.05, 3.63) is 0 Å². The minimum absolute atomic E-state index is 0.329. The van der Waals surface area contributed by atoms with Gasteiger partial charge in [0.05, 0.1) is 6.54 Å². The first-order valence-corrected chi connectivity index (χ1v) is 9.56. The van der Waals surface area contributed by atoms with Crippen LogP contribution in [0.1, 0.15) is 40.0 Å². The average Bonchev–Trinajstić information content (AvgIpc) is 2.78. The molecule has 134 valence electrons. The number of rotatable bonds is 6. The lowest BCUT2D eigenvalue weighted by Crippen LogP contribution is -2.52. The number of hydrogen-bond acceptors (Lipinski definition) is 4. The molecule has 1 amide bonds. The quantitative estimate of drug-likeness (QED) is 0.738. The summed E-state index contributed by atoms with van der Waals surface area (Å²) in [4.78, 5) is 22.0. The van der Waals surface area contributed by atoms with Crippen molar-refractivity contribution in [3.63, 3.8) is 0 Å². The second-order valence-corrected chi connectivity index (χ2v) is 7.34. The fourth-order valence-corrected chi connectivity index (χ4v) is 3.57. The summed E-state index contributed by atoms with van der Waals surface area (Å²) < 4.78 is 0. The van der Waals surface area contributed by atoms with E-state index in [9.17, 15) is 4.79 Å². The Labute approximate surface area is 142 Å². The Morgan fingerprint density at radius 1 is 0.913 bits per heavy atom. The summed E-state index contributed by atoms with van der Waals surface area (Å²) in [5.41, 5.74) is 0.